The number of nitrogens with zero attached hydrogens (tertiary/aromatic N) is 1. The van der Waals surface area contributed by atoms with Gasteiger partial charge in [0.05, 0.1) is 0 Å². The first-order valence-electron chi connectivity index (χ1n) is 5.71. The van der Waals surface area contributed by atoms with Crippen LogP contribution in [-0.4, -0.2) is 24.5 Å². The molecule has 0 saturated heterocycles. The third kappa shape index (κ3) is 1.75. The molecule has 0 N–H and O–H groups in total. The van der Waals surface area contributed by atoms with Gasteiger partial charge < -0.3 is 4.90 Å². The molecule has 82 valence electrons. The van der Waals surface area contributed by atoms with Crippen LogP contribution in [0.15, 0.2) is 12.7 Å². The van der Waals surface area contributed by atoms with Crippen molar-refractivity contribution in [2.75, 3.05) is 14.1 Å². The highest BCUT2D eigenvalue weighted by Gasteiger charge is 2.59. The fraction of sp³-hybridized carbons (Fsp3) is 0.846. The standard InChI is InChI=1S/C13H25N/c1-7-9-13(14(5)6)10-11(13)12(3,4)8-2/h8,11H,2,7,9-10H2,1,3-6H3. The highest BCUT2D eigenvalue weighted by Crippen LogP contribution is 2.59. The molecule has 0 aromatic carbocycles. The Bertz CT molecular complexity index is 217. The van der Waals surface area contributed by atoms with Gasteiger partial charge in [0.2, 0.25) is 0 Å². The third-order valence-electron chi connectivity index (χ3n) is 4.04. The lowest BCUT2D eigenvalue weighted by Crippen LogP contribution is -2.35. The SMILES string of the molecule is C=CC(C)(C)C1CC1(CCC)N(C)C. The third-order valence-corrected chi connectivity index (χ3v) is 4.04. The number of hydrogen-bond donors (Lipinski definition) is 0. The maximum Gasteiger partial charge on any atom is 0.0243 e. The predicted octanol–water partition coefficient (Wildman–Crippen LogP) is 3.32. The van der Waals surface area contributed by atoms with Gasteiger partial charge in [0.1, 0.15) is 0 Å². The zero-order chi connectivity index (χ0) is 11.0. The van der Waals surface area contributed by atoms with Gasteiger partial charge in [-0.25, -0.2) is 0 Å². The summed E-state index contributed by atoms with van der Waals surface area (Å²) in [7, 11) is 4.43. The van der Waals surface area contributed by atoms with Crippen LogP contribution in [0.1, 0.15) is 40.0 Å². The summed E-state index contributed by atoms with van der Waals surface area (Å²) in [5, 5.41) is 0. The van der Waals surface area contributed by atoms with Gasteiger partial charge in [0, 0.05) is 5.54 Å². The molecule has 0 aromatic rings. The van der Waals surface area contributed by atoms with Crippen molar-refractivity contribution in [2.24, 2.45) is 11.3 Å². The monoisotopic (exact) mass is 195 g/mol. The topological polar surface area (TPSA) is 3.24 Å². The van der Waals surface area contributed by atoms with E-state index < -0.39 is 0 Å². The van der Waals surface area contributed by atoms with E-state index in [1.54, 1.807) is 0 Å². The maximum absolute atomic E-state index is 3.96. The van der Waals surface area contributed by atoms with E-state index in [4.69, 9.17) is 0 Å². The van der Waals surface area contributed by atoms with Crippen LogP contribution in [0.5, 0.6) is 0 Å². The van der Waals surface area contributed by atoms with Crippen molar-refractivity contribution >= 4 is 0 Å². The van der Waals surface area contributed by atoms with Crippen LogP contribution in [-0.2, 0) is 0 Å². The summed E-state index contributed by atoms with van der Waals surface area (Å²) in [5.41, 5.74) is 0.756. The molecule has 1 heteroatoms. The highest BCUT2D eigenvalue weighted by molar-refractivity contribution is 5.17. The lowest BCUT2D eigenvalue weighted by Gasteiger charge is -2.30. The molecule has 0 amide bonds. The van der Waals surface area contributed by atoms with Crippen LogP contribution in [0.4, 0.5) is 0 Å². The van der Waals surface area contributed by atoms with Crippen molar-refractivity contribution in [1.82, 2.24) is 4.90 Å². The zero-order valence-electron chi connectivity index (χ0n) is 10.4. The summed E-state index contributed by atoms with van der Waals surface area (Å²) >= 11 is 0. The second-order valence-electron chi connectivity index (χ2n) is 5.53. The summed E-state index contributed by atoms with van der Waals surface area (Å²) in [6.45, 7) is 10.9. The van der Waals surface area contributed by atoms with Gasteiger partial charge in [-0.15, -0.1) is 6.58 Å². The first-order valence-corrected chi connectivity index (χ1v) is 5.71. The number of hydrogen-bond acceptors (Lipinski definition) is 1. The molecule has 0 bridgehead atoms. The molecule has 0 spiro atoms. The Hall–Kier alpha value is -0.300. The molecule has 0 radical (unpaired) electrons. The maximum atomic E-state index is 3.96. The van der Waals surface area contributed by atoms with Crippen LogP contribution < -0.4 is 0 Å². The molecule has 1 aliphatic carbocycles. The molecule has 0 aromatic heterocycles. The van der Waals surface area contributed by atoms with Gasteiger partial charge in [-0.1, -0.05) is 33.3 Å². The van der Waals surface area contributed by atoms with Crippen LogP contribution in [0.25, 0.3) is 0 Å². The molecule has 1 rings (SSSR count). The first kappa shape index (κ1) is 11.8. The second kappa shape index (κ2) is 3.69. The highest BCUT2D eigenvalue weighted by atomic mass is 15.2. The van der Waals surface area contributed by atoms with E-state index in [1.165, 1.54) is 19.3 Å². The summed E-state index contributed by atoms with van der Waals surface area (Å²) < 4.78 is 0. The first-order chi connectivity index (χ1) is 6.40. The molecule has 0 heterocycles. The van der Waals surface area contributed by atoms with E-state index in [9.17, 15) is 0 Å². The van der Waals surface area contributed by atoms with E-state index in [1.807, 2.05) is 0 Å². The Labute approximate surface area is 89.2 Å². The van der Waals surface area contributed by atoms with Gasteiger partial charge in [-0.2, -0.15) is 0 Å². The average Bonchev–Trinajstić information content (AvgIpc) is 2.82. The Morgan fingerprint density at radius 2 is 2.07 bits per heavy atom. The van der Waals surface area contributed by atoms with Gasteiger partial charge in [0.25, 0.3) is 0 Å². The van der Waals surface area contributed by atoms with E-state index in [0.29, 0.717) is 11.0 Å². The van der Waals surface area contributed by atoms with Crippen LogP contribution in [0, 0.1) is 11.3 Å². The quantitative estimate of drug-likeness (QED) is 0.608. The second-order valence-corrected chi connectivity index (χ2v) is 5.53. The Morgan fingerprint density at radius 3 is 2.43 bits per heavy atom. The van der Waals surface area contributed by atoms with E-state index in [0.717, 1.165) is 5.92 Å². The number of rotatable bonds is 5. The Balaban J connectivity index is 2.75. The van der Waals surface area contributed by atoms with Crippen LogP contribution in [0.2, 0.25) is 0 Å². The molecule has 1 nitrogen and oxygen atoms in total. The lowest BCUT2D eigenvalue weighted by atomic mass is 9.84. The molecule has 2 atom stereocenters. The van der Waals surface area contributed by atoms with Gasteiger partial charge in [-0.05, 0) is 38.3 Å². The fourth-order valence-corrected chi connectivity index (χ4v) is 2.82. The largest absolute Gasteiger partial charge is 0.303 e. The smallest absolute Gasteiger partial charge is 0.0243 e. The van der Waals surface area contributed by atoms with Gasteiger partial charge >= 0.3 is 0 Å². The summed E-state index contributed by atoms with van der Waals surface area (Å²) in [5.74, 6) is 0.794. The van der Waals surface area contributed by atoms with Crippen molar-refractivity contribution < 1.29 is 0 Å². The Kier molecular flexibility index (Phi) is 3.10. The molecule has 1 aliphatic rings. The molecule has 14 heavy (non-hydrogen) atoms. The number of allylic oxidation sites excluding steroid dienone is 1. The molecular formula is C13H25N. The molecular weight excluding hydrogens is 170 g/mol. The molecule has 1 fully saturated rings. The van der Waals surface area contributed by atoms with Crippen molar-refractivity contribution in [3.05, 3.63) is 12.7 Å². The van der Waals surface area contributed by atoms with Crippen molar-refractivity contribution in [3.63, 3.8) is 0 Å². The van der Waals surface area contributed by atoms with E-state index >= 15 is 0 Å². The average molecular weight is 195 g/mol. The van der Waals surface area contributed by atoms with Crippen LogP contribution >= 0.6 is 0 Å². The Morgan fingerprint density at radius 1 is 1.50 bits per heavy atom. The van der Waals surface area contributed by atoms with Crippen molar-refractivity contribution in [3.8, 4) is 0 Å². The summed E-state index contributed by atoms with van der Waals surface area (Å²) in [6.07, 6.45) is 6.06. The summed E-state index contributed by atoms with van der Waals surface area (Å²) in [4.78, 5) is 2.42. The van der Waals surface area contributed by atoms with Crippen molar-refractivity contribution in [1.29, 1.82) is 0 Å². The van der Waals surface area contributed by atoms with E-state index in [2.05, 4.69) is 52.4 Å². The van der Waals surface area contributed by atoms with Crippen molar-refractivity contribution in [2.45, 2.75) is 45.6 Å². The summed E-state index contributed by atoms with van der Waals surface area (Å²) in [6, 6.07) is 0. The zero-order valence-corrected chi connectivity index (χ0v) is 10.4. The minimum atomic E-state index is 0.291. The molecule has 1 saturated carbocycles. The van der Waals surface area contributed by atoms with Crippen LogP contribution in [0.3, 0.4) is 0 Å². The molecule has 2 unspecified atom stereocenters. The minimum Gasteiger partial charge on any atom is -0.303 e. The normalized spacial score (nSPS) is 32.0. The fourth-order valence-electron chi connectivity index (χ4n) is 2.82. The van der Waals surface area contributed by atoms with Gasteiger partial charge in [-0.3, -0.25) is 0 Å². The minimum absolute atomic E-state index is 0.291. The predicted molar refractivity (Wildman–Crippen MR) is 63.4 cm³/mol. The molecule has 0 aliphatic heterocycles. The van der Waals surface area contributed by atoms with E-state index in [-0.39, 0.29) is 0 Å². The lowest BCUT2D eigenvalue weighted by molar-refractivity contribution is 0.197. The van der Waals surface area contributed by atoms with Gasteiger partial charge in [0.15, 0.2) is 0 Å².